The van der Waals surface area contributed by atoms with Crippen LogP contribution in [0.4, 0.5) is 0 Å². The fraction of sp³-hybridized carbons (Fsp3) is 0.316. The molecule has 7 rings (SSSR count). The number of carbonyl (C=O) groups is 2. The molecule has 2 amide bonds. The summed E-state index contributed by atoms with van der Waals surface area (Å²) in [5.41, 5.74) is 7.35. The van der Waals surface area contributed by atoms with Crippen LogP contribution in [0, 0.1) is 0 Å². The molecule has 2 aliphatic rings. The number of halogens is 2. The fourth-order valence-electron chi connectivity index (χ4n) is 6.83. The third kappa shape index (κ3) is 7.38. The number of pyridine rings is 2. The minimum Gasteiger partial charge on any atom is -0.494 e. The molecule has 5 heterocycles. The van der Waals surface area contributed by atoms with Gasteiger partial charge in [0, 0.05) is 96.2 Å². The number of nitrogens with one attached hydrogen (secondary N) is 4. The summed E-state index contributed by atoms with van der Waals surface area (Å²) in [5.74, 6) is 1.37. The van der Waals surface area contributed by atoms with Crippen LogP contribution in [0.1, 0.15) is 36.8 Å². The van der Waals surface area contributed by atoms with Gasteiger partial charge in [-0.15, -0.1) is 0 Å². The SMILES string of the molecule is COc1nc(-c2cccc(-c3cccc(-c4cc(OC)c5c(CNCC6CCC(=O)N6)cnn5c4)c3Cl)c2Cl)ccc1CNCC1CCC(=O)N1. The van der Waals surface area contributed by atoms with E-state index < -0.39 is 0 Å². The molecular weight excluding hydrogens is 689 g/mol. The molecule has 2 aromatic carbocycles. The highest BCUT2D eigenvalue weighted by Gasteiger charge is 2.23. The maximum atomic E-state index is 11.6. The molecule has 264 valence electrons. The Labute approximate surface area is 306 Å². The van der Waals surface area contributed by atoms with E-state index in [9.17, 15) is 9.59 Å². The standard InChI is InChI=1S/C38H39Cl2N7O4/c1-50-32-15-23(21-47-37(32)24(18-43-47)17-42-20-26-11-14-34(49)45-26)27-5-3-6-28(35(27)39)29-7-4-8-30(36(29)40)31-12-9-22(38(46-31)51-2)16-41-19-25-10-13-33(48)44-25/h3-9,12,15,18,21,25-26,41-42H,10-11,13-14,16-17,19-20H2,1-2H3,(H,44,48)(H,45,49). The second-order valence-corrected chi connectivity index (χ2v) is 13.6. The zero-order valence-corrected chi connectivity index (χ0v) is 29.9. The number of methoxy groups -OCH3 is 2. The van der Waals surface area contributed by atoms with Crippen molar-refractivity contribution < 1.29 is 19.1 Å². The van der Waals surface area contributed by atoms with Crippen LogP contribution >= 0.6 is 23.2 Å². The first-order valence-electron chi connectivity index (χ1n) is 17.0. The van der Waals surface area contributed by atoms with Crippen molar-refractivity contribution in [3.63, 3.8) is 0 Å². The Morgan fingerprint density at radius 2 is 1.41 bits per heavy atom. The lowest BCUT2D eigenvalue weighted by Crippen LogP contribution is -2.35. The van der Waals surface area contributed by atoms with E-state index in [1.54, 1.807) is 14.2 Å². The molecule has 2 unspecified atom stereocenters. The summed E-state index contributed by atoms with van der Waals surface area (Å²) in [7, 11) is 3.24. The van der Waals surface area contributed by atoms with E-state index in [0.29, 0.717) is 66.4 Å². The van der Waals surface area contributed by atoms with Crippen molar-refractivity contribution in [2.75, 3.05) is 27.3 Å². The zero-order valence-electron chi connectivity index (χ0n) is 28.4. The second-order valence-electron chi connectivity index (χ2n) is 12.8. The van der Waals surface area contributed by atoms with E-state index in [0.717, 1.165) is 57.3 Å². The van der Waals surface area contributed by atoms with Gasteiger partial charge < -0.3 is 30.7 Å². The van der Waals surface area contributed by atoms with E-state index in [1.165, 1.54) is 0 Å². The smallest absolute Gasteiger partial charge is 0.220 e. The van der Waals surface area contributed by atoms with E-state index >= 15 is 0 Å². The van der Waals surface area contributed by atoms with Gasteiger partial charge in [0.25, 0.3) is 0 Å². The maximum Gasteiger partial charge on any atom is 0.220 e. The van der Waals surface area contributed by atoms with Gasteiger partial charge in [0.1, 0.15) is 11.3 Å². The van der Waals surface area contributed by atoms with Gasteiger partial charge in [-0.25, -0.2) is 9.50 Å². The van der Waals surface area contributed by atoms with Crippen LogP contribution in [0.25, 0.3) is 39.0 Å². The van der Waals surface area contributed by atoms with Gasteiger partial charge in [-0.05, 0) is 25.0 Å². The van der Waals surface area contributed by atoms with Crippen molar-refractivity contribution in [3.8, 4) is 45.1 Å². The Balaban J connectivity index is 1.13. The Kier molecular flexibility index (Phi) is 10.4. The first-order chi connectivity index (χ1) is 24.8. The summed E-state index contributed by atoms with van der Waals surface area (Å²) in [6, 6.07) is 17.8. The van der Waals surface area contributed by atoms with Gasteiger partial charge in [-0.2, -0.15) is 5.10 Å². The van der Waals surface area contributed by atoms with Crippen LogP contribution < -0.4 is 30.7 Å². The number of hydrogen-bond donors (Lipinski definition) is 4. The van der Waals surface area contributed by atoms with Crippen molar-refractivity contribution in [1.82, 2.24) is 35.9 Å². The quantitative estimate of drug-likeness (QED) is 0.120. The molecule has 4 N–H and O–H groups in total. The molecule has 2 fully saturated rings. The van der Waals surface area contributed by atoms with E-state index in [1.807, 2.05) is 71.5 Å². The van der Waals surface area contributed by atoms with Crippen molar-refractivity contribution in [2.45, 2.75) is 50.9 Å². The number of rotatable bonds is 13. The molecule has 2 saturated heterocycles. The summed E-state index contributed by atoms with van der Waals surface area (Å²) in [5, 5.41) is 18.5. The lowest BCUT2D eigenvalue weighted by atomic mass is 9.97. The Bertz CT molecular complexity index is 2100. The number of nitrogens with zero attached hydrogens (tertiary/aromatic N) is 3. The third-order valence-corrected chi connectivity index (χ3v) is 10.3. The Morgan fingerprint density at radius 3 is 2.02 bits per heavy atom. The minimum atomic E-state index is 0.0979. The molecule has 11 nitrogen and oxygen atoms in total. The molecular formula is C38H39Cl2N7O4. The van der Waals surface area contributed by atoms with Gasteiger partial charge in [0.2, 0.25) is 17.7 Å². The molecule has 0 aliphatic carbocycles. The van der Waals surface area contributed by atoms with Crippen molar-refractivity contribution in [3.05, 3.63) is 88.2 Å². The third-order valence-electron chi connectivity index (χ3n) is 9.46. The second kappa shape index (κ2) is 15.3. The summed E-state index contributed by atoms with van der Waals surface area (Å²) in [6.45, 7) is 2.49. The highest BCUT2D eigenvalue weighted by molar-refractivity contribution is 6.39. The fourth-order valence-corrected chi connectivity index (χ4v) is 7.49. The van der Waals surface area contributed by atoms with Crippen LogP contribution in [0.5, 0.6) is 11.6 Å². The molecule has 0 radical (unpaired) electrons. The van der Waals surface area contributed by atoms with E-state index in [-0.39, 0.29) is 23.9 Å². The predicted octanol–water partition coefficient (Wildman–Crippen LogP) is 5.79. The van der Waals surface area contributed by atoms with Gasteiger partial charge in [0.15, 0.2) is 0 Å². The number of ether oxygens (including phenoxy) is 2. The largest absolute Gasteiger partial charge is 0.494 e. The first kappa shape index (κ1) is 34.8. The Hall–Kier alpha value is -4.68. The van der Waals surface area contributed by atoms with Gasteiger partial charge in [0.05, 0.1) is 36.2 Å². The van der Waals surface area contributed by atoms with Crippen LogP contribution in [0.2, 0.25) is 10.0 Å². The van der Waals surface area contributed by atoms with E-state index in [2.05, 4.69) is 26.4 Å². The summed E-state index contributed by atoms with van der Waals surface area (Å²) in [6.07, 6.45) is 6.59. The lowest BCUT2D eigenvalue weighted by Gasteiger charge is -2.16. The average Bonchev–Trinajstić information content (AvgIpc) is 3.88. The molecule has 2 aliphatic heterocycles. The van der Waals surface area contributed by atoms with Crippen molar-refractivity contribution in [1.29, 1.82) is 0 Å². The molecule has 13 heteroatoms. The highest BCUT2D eigenvalue weighted by atomic mass is 35.5. The zero-order chi connectivity index (χ0) is 35.5. The van der Waals surface area contributed by atoms with Gasteiger partial charge in [-0.1, -0.05) is 65.7 Å². The molecule has 3 aromatic heterocycles. The molecule has 0 bridgehead atoms. The van der Waals surface area contributed by atoms with Crippen LogP contribution in [0.15, 0.2) is 67.0 Å². The number of aromatic nitrogens is 3. The molecule has 0 spiro atoms. The predicted molar refractivity (Wildman–Crippen MR) is 198 cm³/mol. The number of hydrogen-bond acceptors (Lipinski definition) is 8. The molecule has 0 saturated carbocycles. The number of carbonyl (C=O) groups excluding carboxylic acids is 2. The van der Waals surface area contributed by atoms with Crippen LogP contribution in [-0.4, -0.2) is 65.8 Å². The summed E-state index contributed by atoms with van der Waals surface area (Å²) < 4.78 is 13.3. The van der Waals surface area contributed by atoms with Gasteiger partial charge >= 0.3 is 0 Å². The molecule has 5 aromatic rings. The van der Waals surface area contributed by atoms with Gasteiger partial charge in [-0.3, -0.25) is 9.59 Å². The van der Waals surface area contributed by atoms with E-state index in [4.69, 9.17) is 37.7 Å². The minimum absolute atomic E-state index is 0.0979. The summed E-state index contributed by atoms with van der Waals surface area (Å²) >= 11 is 14.3. The highest BCUT2D eigenvalue weighted by Crippen LogP contribution is 2.43. The first-order valence-corrected chi connectivity index (χ1v) is 17.7. The Morgan fingerprint density at radius 1 is 0.804 bits per heavy atom. The molecule has 51 heavy (non-hydrogen) atoms. The topological polar surface area (TPSA) is 131 Å². The monoisotopic (exact) mass is 727 g/mol. The normalized spacial score (nSPS) is 17.2. The number of amides is 2. The lowest BCUT2D eigenvalue weighted by molar-refractivity contribution is -0.120. The van der Waals surface area contributed by atoms with Crippen LogP contribution in [0.3, 0.4) is 0 Å². The number of fused-ring (bicyclic) bond motifs is 1. The van der Waals surface area contributed by atoms with Crippen molar-refractivity contribution in [2.24, 2.45) is 0 Å². The molecule has 2 atom stereocenters. The van der Waals surface area contributed by atoms with Crippen LogP contribution in [-0.2, 0) is 22.7 Å². The average molecular weight is 729 g/mol. The van der Waals surface area contributed by atoms with Crippen molar-refractivity contribution >= 4 is 40.5 Å². The number of benzene rings is 2. The summed E-state index contributed by atoms with van der Waals surface area (Å²) in [4.78, 5) is 27.9. The maximum absolute atomic E-state index is 11.6.